The Morgan fingerprint density at radius 3 is 2.46 bits per heavy atom. The molecule has 0 saturated carbocycles. The first-order valence-electron chi connectivity index (χ1n) is 11.9. The van der Waals surface area contributed by atoms with E-state index in [0.717, 1.165) is 42.2 Å². The van der Waals surface area contributed by atoms with Gasteiger partial charge < -0.3 is 14.5 Å². The van der Waals surface area contributed by atoms with Crippen LogP contribution >= 0.6 is 11.3 Å². The lowest BCUT2D eigenvalue weighted by molar-refractivity contribution is -0.386. The van der Waals surface area contributed by atoms with E-state index < -0.39 is 4.92 Å². The van der Waals surface area contributed by atoms with Crippen LogP contribution in [0.2, 0.25) is 0 Å². The summed E-state index contributed by atoms with van der Waals surface area (Å²) in [6.45, 7) is 7.32. The molecule has 4 rings (SSSR count). The van der Waals surface area contributed by atoms with E-state index in [0.29, 0.717) is 13.1 Å². The minimum Gasteiger partial charge on any atom is -0.490 e. The Morgan fingerprint density at radius 2 is 1.86 bits per heavy atom. The third kappa shape index (κ3) is 5.14. The van der Waals surface area contributed by atoms with Crippen molar-refractivity contribution in [2.75, 3.05) is 38.2 Å². The highest BCUT2D eigenvalue weighted by atomic mass is 32.1. The highest BCUT2D eigenvalue weighted by Gasteiger charge is 2.31. The number of hydrogen-bond acceptors (Lipinski definition) is 7. The van der Waals surface area contributed by atoms with Gasteiger partial charge >= 0.3 is 5.69 Å². The lowest BCUT2D eigenvalue weighted by Gasteiger charge is -2.31. The first-order valence-corrected chi connectivity index (χ1v) is 12.8. The van der Waals surface area contributed by atoms with Crippen LogP contribution in [0.4, 0.5) is 11.4 Å². The van der Waals surface area contributed by atoms with E-state index in [9.17, 15) is 14.9 Å². The van der Waals surface area contributed by atoms with Gasteiger partial charge in [0.25, 0.3) is 5.91 Å². The summed E-state index contributed by atoms with van der Waals surface area (Å²) in [5.41, 5.74) is 3.07. The fraction of sp³-hybridized carbons (Fsp3) is 0.385. The predicted octanol–water partition coefficient (Wildman–Crippen LogP) is 5.59. The van der Waals surface area contributed by atoms with Crippen molar-refractivity contribution in [3.8, 4) is 17.0 Å². The van der Waals surface area contributed by atoms with Crippen molar-refractivity contribution < 1.29 is 14.5 Å². The predicted molar refractivity (Wildman–Crippen MR) is 139 cm³/mol. The number of carbonyl (C=O) groups excluding carboxylic acids is 1. The average molecular weight is 495 g/mol. The number of aromatic nitrogens is 1. The van der Waals surface area contributed by atoms with Gasteiger partial charge in [-0.1, -0.05) is 18.2 Å². The summed E-state index contributed by atoms with van der Waals surface area (Å²) in [6, 6.07) is 13.1. The lowest BCUT2D eigenvalue weighted by atomic mass is 9.96. The Bertz CT molecular complexity index is 1180. The molecule has 0 N–H and O–H groups in total. The maximum atomic E-state index is 13.1. The molecule has 184 valence electrons. The smallest absolute Gasteiger partial charge is 0.323 e. The number of hydrogen-bond donors (Lipinski definition) is 0. The molecular weight excluding hydrogens is 464 g/mol. The van der Waals surface area contributed by atoms with Gasteiger partial charge in [-0.25, -0.2) is 4.98 Å². The molecule has 9 heteroatoms. The van der Waals surface area contributed by atoms with E-state index in [4.69, 9.17) is 9.72 Å². The molecule has 1 amide bonds. The Balaban J connectivity index is 1.42. The summed E-state index contributed by atoms with van der Waals surface area (Å²) >= 11 is 1.66. The quantitative estimate of drug-likeness (QED) is 0.299. The number of amides is 1. The number of likely N-dealkylation sites (tertiary alicyclic amines) is 1. The molecule has 8 nitrogen and oxygen atoms in total. The summed E-state index contributed by atoms with van der Waals surface area (Å²) < 4.78 is 5.11. The first-order chi connectivity index (χ1) is 17.0. The number of carbonyl (C=O) groups is 1. The molecule has 0 atom stereocenters. The number of rotatable bonds is 8. The highest BCUT2D eigenvalue weighted by Crippen LogP contribution is 2.36. The molecule has 2 aromatic carbocycles. The number of nitrogens with zero attached hydrogens (tertiary/aromatic N) is 4. The van der Waals surface area contributed by atoms with Gasteiger partial charge in [0.15, 0.2) is 5.75 Å². The molecule has 1 saturated heterocycles. The van der Waals surface area contributed by atoms with Crippen LogP contribution in [0.3, 0.4) is 0 Å². The number of nitro benzene ring substituents is 1. The molecule has 3 aromatic rings. The molecule has 0 unspecified atom stereocenters. The Morgan fingerprint density at radius 1 is 1.17 bits per heavy atom. The van der Waals surface area contributed by atoms with Crippen LogP contribution in [-0.4, -0.2) is 54.0 Å². The highest BCUT2D eigenvalue weighted by molar-refractivity contribution is 7.10. The number of thiazole rings is 1. The summed E-state index contributed by atoms with van der Waals surface area (Å²) in [5.74, 6) is 0.0337. The number of methoxy groups -OCH3 is 1. The molecule has 0 bridgehead atoms. The van der Waals surface area contributed by atoms with Crippen molar-refractivity contribution in [1.29, 1.82) is 0 Å². The van der Waals surface area contributed by atoms with Crippen molar-refractivity contribution in [1.82, 2.24) is 9.88 Å². The average Bonchev–Trinajstić information content (AvgIpc) is 3.39. The van der Waals surface area contributed by atoms with Gasteiger partial charge in [-0.3, -0.25) is 14.9 Å². The van der Waals surface area contributed by atoms with Crippen LogP contribution in [-0.2, 0) is 0 Å². The van der Waals surface area contributed by atoms with Crippen LogP contribution in [0.1, 0.15) is 48.0 Å². The van der Waals surface area contributed by atoms with Crippen molar-refractivity contribution in [3.05, 3.63) is 68.5 Å². The number of anilines is 1. The van der Waals surface area contributed by atoms with Crippen molar-refractivity contribution >= 4 is 28.6 Å². The molecule has 1 aliphatic rings. The second kappa shape index (κ2) is 10.9. The second-order valence-corrected chi connectivity index (χ2v) is 9.36. The van der Waals surface area contributed by atoms with Crippen LogP contribution in [0, 0.1) is 10.1 Å². The SMILES string of the molecule is CCN(CC)c1ccc(-c2csc(C3CCN(C(=O)c4cccc(OC)c4[N+](=O)[O-])CC3)n2)cc1. The Labute approximate surface area is 209 Å². The van der Waals surface area contributed by atoms with Crippen molar-refractivity contribution in [2.24, 2.45) is 0 Å². The van der Waals surface area contributed by atoms with Gasteiger partial charge in [0, 0.05) is 48.7 Å². The minimum absolute atomic E-state index is 0.0671. The maximum Gasteiger partial charge on any atom is 0.323 e. The van der Waals surface area contributed by atoms with E-state index in [1.54, 1.807) is 22.3 Å². The van der Waals surface area contributed by atoms with E-state index in [2.05, 4.69) is 48.4 Å². The summed E-state index contributed by atoms with van der Waals surface area (Å²) in [7, 11) is 1.36. The van der Waals surface area contributed by atoms with Gasteiger partial charge in [0.05, 0.1) is 22.7 Å². The zero-order chi connectivity index (χ0) is 24.9. The van der Waals surface area contributed by atoms with E-state index in [1.165, 1.54) is 24.9 Å². The van der Waals surface area contributed by atoms with Crippen LogP contribution in [0.15, 0.2) is 47.8 Å². The van der Waals surface area contributed by atoms with E-state index in [1.807, 2.05) is 0 Å². The van der Waals surface area contributed by atoms with Crippen LogP contribution in [0.25, 0.3) is 11.3 Å². The fourth-order valence-electron chi connectivity index (χ4n) is 4.59. The molecule has 35 heavy (non-hydrogen) atoms. The second-order valence-electron chi connectivity index (χ2n) is 8.47. The van der Waals surface area contributed by atoms with Crippen LogP contribution < -0.4 is 9.64 Å². The largest absolute Gasteiger partial charge is 0.490 e. The Kier molecular flexibility index (Phi) is 7.65. The van der Waals surface area contributed by atoms with Gasteiger partial charge in [-0.2, -0.15) is 0 Å². The number of para-hydroxylation sites is 1. The zero-order valence-electron chi connectivity index (χ0n) is 20.3. The zero-order valence-corrected chi connectivity index (χ0v) is 21.1. The van der Waals surface area contributed by atoms with Gasteiger partial charge in [-0.15, -0.1) is 11.3 Å². The van der Waals surface area contributed by atoms with Crippen molar-refractivity contribution in [3.63, 3.8) is 0 Å². The third-order valence-electron chi connectivity index (χ3n) is 6.58. The molecule has 0 spiro atoms. The van der Waals surface area contributed by atoms with E-state index >= 15 is 0 Å². The standard InChI is InChI=1S/C26H30N4O4S/c1-4-28(5-2)20-11-9-18(10-12-20)22-17-35-25(27-22)19-13-15-29(16-14-19)26(31)21-7-6-8-23(34-3)24(21)30(32)33/h6-12,17,19H,4-5,13-16H2,1-3H3. The van der Waals surface area contributed by atoms with Crippen LogP contribution in [0.5, 0.6) is 5.75 Å². The summed E-state index contributed by atoms with van der Waals surface area (Å²) in [4.78, 5) is 33.0. The molecule has 1 aliphatic heterocycles. The van der Waals surface area contributed by atoms with Crippen molar-refractivity contribution in [2.45, 2.75) is 32.6 Å². The minimum atomic E-state index is -0.551. The number of benzene rings is 2. The van der Waals surface area contributed by atoms with Gasteiger partial charge in [-0.05, 0) is 51.0 Å². The molecule has 1 fully saturated rings. The number of nitro groups is 1. The number of ether oxygens (including phenoxy) is 1. The Hall–Kier alpha value is -3.46. The van der Waals surface area contributed by atoms with Gasteiger partial charge in [0.2, 0.25) is 0 Å². The fourth-order valence-corrected chi connectivity index (χ4v) is 5.59. The molecule has 0 aliphatic carbocycles. The molecule has 1 aromatic heterocycles. The maximum absolute atomic E-state index is 13.1. The van der Waals surface area contributed by atoms with Gasteiger partial charge in [0.1, 0.15) is 5.56 Å². The monoisotopic (exact) mass is 494 g/mol. The first kappa shape index (κ1) is 24.7. The molecule has 0 radical (unpaired) electrons. The summed E-state index contributed by atoms with van der Waals surface area (Å²) in [5, 5.41) is 14.7. The molecular formula is C26H30N4O4S. The lowest BCUT2D eigenvalue weighted by Crippen LogP contribution is -2.38. The third-order valence-corrected chi connectivity index (χ3v) is 7.58. The molecule has 2 heterocycles. The normalized spacial score (nSPS) is 14.1. The number of piperidine rings is 1. The summed E-state index contributed by atoms with van der Waals surface area (Å²) in [6.07, 6.45) is 1.55. The topological polar surface area (TPSA) is 88.8 Å². The van der Waals surface area contributed by atoms with E-state index in [-0.39, 0.29) is 28.8 Å².